The molecule has 1 N–H and O–H groups in total. The number of hydrogen-bond acceptors (Lipinski definition) is 2. The molecular formula is C17H27NO. The van der Waals surface area contributed by atoms with Gasteiger partial charge in [-0.25, -0.2) is 0 Å². The first kappa shape index (κ1) is 14.4. The van der Waals surface area contributed by atoms with Gasteiger partial charge in [-0.3, -0.25) is 0 Å². The average molecular weight is 261 g/mol. The monoisotopic (exact) mass is 261 g/mol. The number of rotatable bonds is 8. The smallest absolute Gasteiger partial charge is 0.118 e. The van der Waals surface area contributed by atoms with Crippen LogP contribution in [-0.2, 0) is 6.42 Å². The number of aryl methyl sites for hydroxylation is 1. The van der Waals surface area contributed by atoms with Crippen LogP contribution in [0.3, 0.4) is 0 Å². The summed E-state index contributed by atoms with van der Waals surface area (Å²) in [5.74, 6) is 1.89. The Morgan fingerprint density at radius 1 is 1.32 bits per heavy atom. The molecule has 1 saturated carbocycles. The Morgan fingerprint density at radius 3 is 2.68 bits per heavy atom. The van der Waals surface area contributed by atoms with Crippen molar-refractivity contribution in [3.05, 3.63) is 29.8 Å². The van der Waals surface area contributed by atoms with Crippen molar-refractivity contribution < 1.29 is 4.74 Å². The Bertz CT molecular complexity index is 373. The zero-order valence-electron chi connectivity index (χ0n) is 12.5. The van der Waals surface area contributed by atoms with Crippen molar-refractivity contribution in [1.29, 1.82) is 0 Å². The number of hydrogen-bond donors (Lipinski definition) is 1. The van der Waals surface area contributed by atoms with E-state index < -0.39 is 0 Å². The quantitative estimate of drug-likeness (QED) is 0.768. The molecule has 3 unspecified atom stereocenters. The Labute approximate surface area is 117 Å². The van der Waals surface area contributed by atoms with Crippen LogP contribution in [-0.4, -0.2) is 19.2 Å². The molecule has 0 radical (unpaired) electrons. The number of ether oxygens (including phenoxy) is 1. The molecule has 2 heteroatoms. The summed E-state index contributed by atoms with van der Waals surface area (Å²) in [5, 5.41) is 3.76. The predicted molar refractivity (Wildman–Crippen MR) is 80.7 cm³/mol. The first-order valence-electron chi connectivity index (χ1n) is 7.62. The summed E-state index contributed by atoms with van der Waals surface area (Å²) in [6.45, 7) is 4.59. The summed E-state index contributed by atoms with van der Waals surface area (Å²) in [4.78, 5) is 0. The van der Waals surface area contributed by atoms with Gasteiger partial charge in [-0.1, -0.05) is 25.5 Å². The maximum Gasteiger partial charge on any atom is 0.118 e. The highest BCUT2D eigenvalue weighted by molar-refractivity contribution is 5.27. The van der Waals surface area contributed by atoms with Crippen LogP contribution in [0, 0.1) is 5.92 Å². The summed E-state index contributed by atoms with van der Waals surface area (Å²) in [6.07, 6.45) is 6.46. The van der Waals surface area contributed by atoms with Crippen LogP contribution in [0.2, 0.25) is 0 Å². The molecule has 0 heterocycles. The molecule has 0 aromatic heterocycles. The van der Waals surface area contributed by atoms with Crippen LogP contribution in [0.25, 0.3) is 0 Å². The Kier molecular flexibility index (Phi) is 5.26. The molecule has 0 saturated heterocycles. The van der Waals surface area contributed by atoms with E-state index in [0.29, 0.717) is 6.04 Å². The lowest BCUT2D eigenvalue weighted by molar-refractivity contribution is 0.414. The van der Waals surface area contributed by atoms with Gasteiger partial charge in [-0.2, -0.15) is 0 Å². The predicted octanol–water partition coefficient (Wildman–Crippen LogP) is 3.79. The van der Waals surface area contributed by atoms with Gasteiger partial charge >= 0.3 is 0 Å². The highest BCUT2D eigenvalue weighted by Crippen LogP contribution is 2.35. The molecule has 3 atom stereocenters. The molecule has 106 valence electrons. The molecule has 2 rings (SSSR count). The molecule has 0 aliphatic heterocycles. The summed E-state index contributed by atoms with van der Waals surface area (Å²) in [5.41, 5.74) is 1.40. The Hall–Kier alpha value is -1.02. The zero-order chi connectivity index (χ0) is 13.7. The summed E-state index contributed by atoms with van der Waals surface area (Å²) in [6, 6.07) is 9.85. The van der Waals surface area contributed by atoms with Crippen molar-refractivity contribution in [2.45, 2.75) is 58.0 Å². The minimum atomic E-state index is 0.619. The van der Waals surface area contributed by atoms with E-state index >= 15 is 0 Å². The summed E-state index contributed by atoms with van der Waals surface area (Å²) in [7, 11) is 1.71. The van der Waals surface area contributed by atoms with Gasteiger partial charge in [0.05, 0.1) is 7.11 Å². The third kappa shape index (κ3) is 4.54. The van der Waals surface area contributed by atoms with E-state index in [9.17, 15) is 0 Å². The van der Waals surface area contributed by atoms with Gasteiger partial charge in [0.25, 0.3) is 0 Å². The highest BCUT2D eigenvalue weighted by atomic mass is 16.5. The minimum absolute atomic E-state index is 0.619. The van der Waals surface area contributed by atoms with E-state index in [4.69, 9.17) is 4.74 Å². The van der Waals surface area contributed by atoms with Crippen LogP contribution in [0.5, 0.6) is 5.75 Å². The molecule has 0 spiro atoms. The Balaban J connectivity index is 1.67. The molecule has 1 aromatic rings. The topological polar surface area (TPSA) is 21.3 Å². The van der Waals surface area contributed by atoms with Crippen LogP contribution in [0.4, 0.5) is 0 Å². The molecule has 1 aliphatic rings. The summed E-state index contributed by atoms with van der Waals surface area (Å²) < 4.78 is 5.18. The number of benzene rings is 1. The van der Waals surface area contributed by atoms with Gasteiger partial charge in [0.2, 0.25) is 0 Å². The molecule has 1 aliphatic carbocycles. The van der Waals surface area contributed by atoms with Crippen LogP contribution < -0.4 is 10.1 Å². The van der Waals surface area contributed by atoms with Gasteiger partial charge in [-0.05, 0) is 56.2 Å². The molecule has 1 fully saturated rings. The lowest BCUT2D eigenvalue weighted by Crippen LogP contribution is -2.29. The maximum atomic E-state index is 5.18. The SMILES string of the molecule is CCCC1CC1NC(C)CCc1ccc(OC)cc1. The fourth-order valence-electron chi connectivity index (χ4n) is 2.77. The van der Waals surface area contributed by atoms with E-state index in [1.54, 1.807) is 7.11 Å². The molecular weight excluding hydrogens is 234 g/mol. The third-order valence-corrected chi connectivity index (χ3v) is 4.11. The largest absolute Gasteiger partial charge is 0.497 e. The fourth-order valence-corrected chi connectivity index (χ4v) is 2.77. The summed E-state index contributed by atoms with van der Waals surface area (Å²) >= 11 is 0. The third-order valence-electron chi connectivity index (χ3n) is 4.11. The normalized spacial score (nSPS) is 23.1. The number of methoxy groups -OCH3 is 1. The van der Waals surface area contributed by atoms with Crippen LogP contribution >= 0.6 is 0 Å². The van der Waals surface area contributed by atoms with Gasteiger partial charge in [0.15, 0.2) is 0 Å². The van der Waals surface area contributed by atoms with Crippen LogP contribution in [0.1, 0.15) is 45.1 Å². The van der Waals surface area contributed by atoms with Gasteiger partial charge in [0, 0.05) is 12.1 Å². The van der Waals surface area contributed by atoms with Crippen molar-refractivity contribution in [1.82, 2.24) is 5.32 Å². The highest BCUT2D eigenvalue weighted by Gasteiger charge is 2.36. The van der Waals surface area contributed by atoms with E-state index in [0.717, 1.165) is 24.1 Å². The minimum Gasteiger partial charge on any atom is -0.497 e. The second-order valence-corrected chi connectivity index (χ2v) is 5.85. The van der Waals surface area contributed by atoms with E-state index in [-0.39, 0.29) is 0 Å². The number of nitrogens with one attached hydrogen (secondary N) is 1. The van der Waals surface area contributed by atoms with Gasteiger partial charge in [-0.15, -0.1) is 0 Å². The molecule has 0 bridgehead atoms. The Morgan fingerprint density at radius 2 is 2.05 bits per heavy atom. The first-order valence-corrected chi connectivity index (χ1v) is 7.62. The van der Waals surface area contributed by atoms with E-state index in [1.807, 2.05) is 12.1 Å². The van der Waals surface area contributed by atoms with Crippen molar-refractivity contribution >= 4 is 0 Å². The zero-order valence-corrected chi connectivity index (χ0v) is 12.5. The van der Waals surface area contributed by atoms with Crippen molar-refractivity contribution in [2.24, 2.45) is 5.92 Å². The molecule has 19 heavy (non-hydrogen) atoms. The van der Waals surface area contributed by atoms with E-state index in [2.05, 4.69) is 31.3 Å². The molecule has 0 amide bonds. The van der Waals surface area contributed by atoms with Gasteiger partial charge < -0.3 is 10.1 Å². The average Bonchev–Trinajstić information content (AvgIpc) is 3.15. The van der Waals surface area contributed by atoms with Crippen LogP contribution in [0.15, 0.2) is 24.3 Å². The standard InChI is InChI=1S/C17H27NO/c1-4-5-15-12-17(15)18-13(2)6-7-14-8-10-16(19-3)11-9-14/h8-11,13,15,17-18H,4-7,12H2,1-3H3. The van der Waals surface area contributed by atoms with Crippen molar-refractivity contribution in [3.63, 3.8) is 0 Å². The lowest BCUT2D eigenvalue weighted by atomic mass is 10.1. The van der Waals surface area contributed by atoms with Gasteiger partial charge in [0.1, 0.15) is 5.75 Å². The lowest BCUT2D eigenvalue weighted by Gasteiger charge is -2.14. The van der Waals surface area contributed by atoms with Crippen molar-refractivity contribution in [2.75, 3.05) is 7.11 Å². The maximum absolute atomic E-state index is 5.18. The molecule has 1 aromatic carbocycles. The second kappa shape index (κ2) is 6.95. The van der Waals surface area contributed by atoms with E-state index in [1.165, 1.54) is 31.2 Å². The fraction of sp³-hybridized carbons (Fsp3) is 0.647. The first-order chi connectivity index (χ1) is 9.22. The molecule has 2 nitrogen and oxygen atoms in total. The van der Waals surface area contributed by atoms with Crippen molar-refractivity contribution in [3.8, 4) is 5.75 Å². The second-order valence-electron chi connectivity index (χ2n) is 5.85.